The van der Waals surface area contributed by atoms with Crippen molar-refractivity contribution in [1.82, 2.24) is 15.6 Å². The van der Waals surface area contributed by atoms with Crippen LogP contribution in [0.15, 0.2) is 54.6 Å². The van der Waals surface area contributed by atoms with Crippen LogP contribution in [0, 0.1) is 5.82 Å². The molecule has 1 atom stereocenters. The van der Waals surface area contributed by atoms with Crippen molar-refractivity contribution in [1.29, 1.82) is 0 Å². The third-order valence-electron chi connectivity index (χ3n) is 4.34. The number of carbonyl (C=O) groups is 2. The van der Waals surface area contributed by atoms with Crippen LogP contribution in [0.4, 0.5) is 4.39 Å². The SMILES string of the molecule is CC(NC(=O)c1cc(-c2ccc(F)cc2)nc2ccccc12)C(=O)NC(C)(C)C. The summed E-state index contributed by atoms with van der Waals surface area (Å²) < 4.78 is 13.3. The minimum Gasteiger partial charge on any atom is -0.350 e. The highest BCUT2D eigenvalue weighted by atomic mass is 19.1. The molecule has 0 radical (unpaired) electrons. The van der Waals surface area contributed by atoms with E-state index in [-0.39, 0.29) is 17.6 Å². The molecular weight excluding hydrogens is 369 g/mol. The molecule has 1 aromatic heterocycles. The summed E-state index contributed by atoms with van der Waals surface area (Å²) in [6, 6.07) is 14.2. The second kappa shape index (κ2) is 7.99. The monoisotopic (exact) mass is 393 g/mol. The minimum atomic E-state index is -0.706. The van der Waals surface area contributed by atoms with Crippen molar-refractivity contribution in [3.63, 3.8) is 0 Å². The number of hydrogen-bond donors (Lipinski definition) is 2. The number of para-hydroxylation sites is 1. The van der Waals surface area contributed by atoms with Gasteiger partial charge < -0.3 is 10.6 Å². The van der Waals surface area contributed by atoms with E-state index in [9.17, 15) is 14.0 Å². The Hall–Kier alpha value is -3.28. The maximum atomic E-state index is 13.3. The standard InChI is InChI=1S/C23H24FN3O2/c1-14(21(28)27-23(2,3)4)25-22(29)18-13-20(15-9-11-16(24)12-10-15)26-19-8-6-5-7-17(18)19/h5-14H,1-4H3,(H,25,29)(H,27,28). The highest BCUT2D eigenvalue weighted by Gasteiger charge is 2.22. The maximum Gasteiger partial charge on any atom is 0.252 e. The van der Waals surface area contributed by atoms with Gasteiger partial charge in [-0.2, -0.15) is 0 Å². The van der Waals surface area contributed by atoms with Gasteiger partial charge in [0.15, 0.2) is 0 Å². The van der Waals surface area contributed by atoms with Crippen LogP contribution in [0.5, 0.6) is 0 Å². The van der Waals surface area contributed by atoms with Crippen molar-refractivity contribution in [3.8, 4) is 11.3 Å². The molecule has 0 fully saturated rings. The third-order valence-corrected chi connectivity index (χ3v) is 4.34. The molecule has 0 saturated heterocycles. The number of halogens is 1. The molecule has 1 heterocycles. The number of amides is 2. The summed E-state index contributed by atoms with van der Waals surface area (Å²) in [7, 11) is 0. The fourth-order valence-electron chi connectivity index (χ4n) is 2.95. The predicted octanol–water partition coefficient (Wildman–Crippen LogP) is 4.07. The van der Waals surface area contributed by atoms with E-state index in [1.807, 2.05) is 45.0 Å². The number of rotatable bonds is 4. The molecule has 0 bridgehead atoms. The first-order valence-electron chi connectivity index (χ1n) is 9.43. The highest BCUT2D eigenvalue weighted by molar-refractivity contribution is 6.08. The molecule has 0 saturated carbocycles. The number of nitrogens with zero attached hydrogens (tertiary/aromatic N) is 1. The summed E-state index contributed by atoms with van der Waals surface area (Å²) in [5, 5.41) is 6.29. The Labute approximate surface area is 169 Å². The Balaban J connectivity index is 1.96. The summed E-state index contributed by atoms with van der Waals surface area (Å²) in [5.74, 6) is -0.974. The van der Waals surface area contributed by atoms with Crippen LogP contribution >= 0.6 is 0 Å². The zero-order chi connectivity index (χ0) is 21.2. The van der Waals surface area contributed by atoms with Crippen molar-refractivity contribution in [2.45, 2.75) is 39.3 Å². The molecule has 2 N–H and O–H groups in total. The zero-order valence-electron chi connectivity index (χ0n) is 16.9. The summed E-state index contributed by atoms with van der Waals surface area (Å²) >= 11 is 0. The zero-order valence-corrected chi connectivity index (χ0v) is 16.9. The fourth-order valence-corrected chi connectivity index (χ4v) is 2.95. The molecule has 29 heavy (non-hydrogen) atoms. The molecule has 1 unspecified atom stereocenters. The third kappa shape index (κ3) is 4.96. The fraction of sp³-hybridized carbons (Fsp3) is 0.261. The van der Waals surface area contributed by atoms with Gasteiger partial charge in [-0.15, -0.1) is 0 Å². The van der Waals surface area contributed by atoms with Crippen LogP contribution in [0.3, 0.4) is 0 Å². The van der Waals surface area contributed by atoms with E-state index in [0.717, 1.165) is 0 Å². The molecule has 150 valence electrons. The number of carbonyl (C=O) groups excluding carboxylic acids is 2. The van der Waals surface area contributed by atoms with Crippen molar-refractivity contribution >= 4 is 22.7 Å². The molecule has 2 aromatic carbocycles. The highest BCUT2D eigenvalue weighted by Crippen LogP contribution is 2.25. The number of benzene rings is 2. The molecule has 0 aliphatic carbocycles. The van der Waals surface area contributed by atoms with Gasteiger partial charge in [0.25, 0.3) is 5.91 Å². The lowest BCUT2D eigenvalue weighted by molar-refractivity contribution is -0.124. The van der Waals surface area contributed by atoms with Crippen molar-refractivity contribution in [3.05, 3.63) is 66.0 Å². The lowest BCUT2D eigenvalue weighted by atomic mass is 10.0. The normalized spacial score (nSPS) is 12.4. The molecule has 0 spiro atoms. The molecular formula is C23H24FN3O2. The van der Waals surface area contributed by atoms with E-state index in [0.29, 0.717) is 27.7 Å². The quantitative estimate of drug-likeness (QED) is 0.702. The average Bonchev–Trinajstić information content (AvgIpc) is 2.66. The number of nitrogens with one attached hydrogen (secondary N) is 2. The smallest absolute Gasteiger partial charge is 0.252 e. The molecule has 5 nitrogen and oxygen atoms in total. The van der Waals surface area contributed by atoms with Gasteiger partial charge in [0.05, 0.1) is 16.8 Å². The molecule has 6 heteroatoms. The Morgan fingerprint density at radius 2 is 1.69 bits per heavy atom. The van der Waals surface area contributed by atoms with Gasteiger partial charge in [-0.1, -0.05) is 18.2 Å². The van der Waals surface area contributed by atoms with E-state index >= 15 is 0 Å². The van der Waals surface area contributed by atoms with Crippen LogP contribution < -0.4 is 10.6 Å². The molecule has 3 rings (SSSR count). The van der Waals surface area contributed by atoms with Crippen LogP contribution in [0.1, 0.15) is 38.1 Å². The molecule has 2 amide bonds. The lowest BCUT2D eigenvalue weighted by Crippen LogP contribution is -2.50. The van der Waals surface area contributed by atoms with Crippen LogP contribution in [0.2, 0.25) is 0 Å². The number of hydrogen-bond acceptors (Lipinski definition) is 3. The summed E-state index contributed by atoms with van der Waals surface area (Å²) in [6.45, 7) is 7.28. The maximum absolute atomic E-state index is 13.3. The van der Waals surface area contributed by atoms with E-state index < -0.39 is 11.6 Å². The molecule has 0 aliphatic rings. The molecule has 0 aliphatic heterocycles. The Morgan fingerprint density at radius 3 is 2.34 bits per heavy atom. The Bertz CT molecular complexity index is 1060. The average molecular weight is 393 g/mol. The van der Waals surface area contributed by atoms with Crippen molar-refractivity contribution in [2.75, 3.05) is 0 Å². The Morgan fingerprint density at radius 1 is 1.03 bits per heavy atom. The lowest BCUT2D eigenvalue weighted by Gasteiger charge is -2.23. The predicted molar refractivity (Wildman–Crippen MR) is 112 cm³/mol. The van der Waals surface area contributed by atoms with Crippen molar-refractivity contribution < 1.29 is 14.0 Å². The molecule has 3 aromatic rings. The second-order valence-electron chi connectivity index (χ2n) is 8.01. The van der Waals surface area contributed by atoms with Gasteiger partial charge in [0.2, 0.25) is 5.91 Å². The first-order chi connectivity index (χ1) is 13.6. The number of aromatic nitrogens is 1. The van der Waals surface area contributed by atoms with Gasteiger partial charge in [-0.05, 0) is 64.1 Å². The first kappa shape index (κ1) is 20.5. The van der Waals surface area contributed by atoms with Gasteiger partial charge in [0.1, 0.15) is 11.9 Å². The summed E-state index contributed by atoms with van der Waals surface area (Å²) in [4.78, 5) is 29.9. The van der Waals surface area contributed by atoms with Gasteiger partial charge >= 0.3 is 0 Å². The topological polar surface area (TPSA) is 71.1 Å². The van der Waals surface area contributed by atoms with Gasteiger partial charge in [-0.3, -0.25) is 9.59 Å². The second-order valence-corrected chi connectivity index (χ2v) is 8.01. The Kier molecular flexibility index (Phi) is 5.64. The summed E-state index contributed by atoms with van der Waals surface area (Å²) in [5.41, 5.74) is 1.91. The number of pyridine rings is 1. The first-order valence-corrected chi connectivity index (χ1v) is 9.43. The van der Waals surface area contributed by atoms with E-state index in [2.05, 4.69) is 15.6 Å². The van der Waals surface area contributed by atoms with Crippen LogP contribution in [0.25, 0.3) is 22.2 Å². The van der Waals surface area contributed by atoms with Crippen molar-refractivity contribution in [2.24, 2.45) is 0 Å². The van der Waals surface area contributed by atoms with E-state index in [4.69, 9.17) is 0 Å². The van der Waals surface area contributed by atoms with Gasteiger partial charge in [0, 0.05) is 16.5 Å². The minimum absolute atomic E-state index is 0.261. The van der Waals surface area contributed by atoms with Crippen LogP contribution in [-0.4, -0.2) is 28.4 Å². The van der Waals surface area contributed by atoms with E-state index in [1.165, 1.54) is 12.1 Å². The number of fused-ring (bicyclic) bond motifs is 1. The van der Waals surface area contributed by atoms with E-state index in [1.54, 1.807) is 25.1 Å². The van der Waals surface area contributed by atoms with Gasteiger partial charge in [-0.25, -0.2) is 9.37 Å². The largest absolute Gasteiger partial charge is 0.350 e. The summed E-state index contributed by atoms with van der Waals surface area (Å²) in [6.07, 6.45) is 0. The van der Waals surface area contributed by atoms with Crippen LogP contribution in [-0.2, 0) is 4.79 Å².